The molecule has 0 aromatic heterocycles. The number of aliphatic hydroxyl groups is 1. The Kier molecular flexibility index (Phi) is 7.10. The van der Waals surface area contributed by atoms with Gasteiger partial charge >= 0.3 is 0 Å². The molecule has 4 unspecified atom stereocenters. The van der Waals surface area contributed by atoms with E-state index in [-0.39, 0.29) is 18.2 Å². The van der Waals surface area contributed by atoms with E-state index in [0.717, 1.165) is 25.2 Å². The highest BCUT2D eigenvalue weighted by atomic mass is 19.1. The van der Waals surface area contributed by atoms with Gasteiger partial charge in [-0.25, -0.2) is 8.78 Å². The molecular weight excluding hydrogens is 314 g/mol. The van der Waals surface area contributed by atoms with E-state index in [0.29, 0.717) is 25.1 Å². The second-order valence-corrected chi connectivity index (χ2v) is 6.66. The highest BCUT2D eigenvalue weighted by molar-refractivity contribution is 5.22. The fourth-order valence-electron chi connectivity index (χ4n) is 3.33. The summed E-state index contributed by atoms with van der Waals surface area (Å²) in [6, 6.07) is 3.15. The first-order valence-electron chi connectivity index (χ1n) is 8.63. The van der Waals surface area contributed by atoms with E-state index in [4.69, 9.17) is 4.74 Å². The Bertz CT molecular complexity index is 520. The fraction of sp³-hybridized carbons (Fsp3) is 0.667. The van der Waals surface area contributed by atoms with Gasteiger partial charge in [-0.05, 0) is 38.5 Å². The molecular formula is C18H28F2N2O2. The molecule has 0 spiro atoms. The lowest BCUT2D eigenvalue weighted by atomic mass is 10.0. The van der Waals surface area contributed by atoms with Crippen molar-refractivity contribution < 1.29 is 18.6 Å². The molecule has 1 aliphatic heterocycles. The molecule has 1 heterocycles. The molecule has 0 saturated carbocycles. The summed E-state index contributed by atoms with van der Waals surface area (Å²) in [5.74, 6) is -0.885. The number of nitrogens with zero attached hydrogens (tertiary/aromatic N) is 1. The van der Waals surface area contributed by atoms with Gasteiger partial charge in [0.2, 0.25) is 0 Å². The van der Waals surface area contributed by atoms with Gasteiger partial charge in [-0.15, -0.1) is 0 Å². The number of benzene rings is 1. The summed E-state index contributed by atoms with van der Waals surface area (Å²) in [7, 11) is 0. The summed E-state index contributed by atoms with van der Waals surface area (Å²) in [5.41, 5.74) is 0.304. The minimum Gasteiger partial charge on any atom is -0.390 e. The number of rotatable bonds is 7. The molecule has 0 amide bonds. The maximum atomic E-state index is 13.9. The first-order chi connectivity index (χ1) is 11.4. The van der Waals surface area contributed by atoms with Gasteiger partial charge in [0.1, 0.15) is 11.6 Å². The quantitative estimate of drug-likeness (QED) is 0.799. The van der Waals surface area contributed by atoms with Crippen LogP contribution in [0.25, 0.3) is 0 Å². The summed E-state index contributed by atoms with van der Waals surface area (Å²) in [5, 5.41) is 13.4. The Labute approximate surface area is 142 Å². The molecule has 136 valence electrons. The second-order valence-electron chi connectivity index (χ2n) is 6.66. The molecule has 0 bridgehead atoms. The van der Waals surface area contributed by atoms with E-state index in [9.17, 15) is 13.9 Å². The minimum atomic E-state index is -0.576. The van der Waals surface area contributed by atoms with Crippen molar-refractivity contribution in [2.24, 2.45) is 0 Å². The van der Waals surface area contributed by atoms with Gasteiger partial charge in [0, 0.05) is 37.8 Å². The first-order valence-corrected chi connectivity index (χ1v) is 8.63. The van der Waals surface area contributed by atoms with E-state index in [2.05, 4.69) is 10.2 Å². The number of nitrogens with one attached hydrogen (secondary N) is 1. The third-order valence-electron chi connectivity index (χ3n) is 4.31. The maximum Gasteiger partial charge on any atom is 0.128 e. The largest absolute Gasteiger partial charge is 0.390 e. The molecule has 1 fully saturated rings. The van der Waals surface area contributed by atoms with Crippen LogP contribution in [0.4, 0.5) is 8.78 Å². The van der Waals surface area contributed by atoms with E-state index in [1.165, 1.54) is 6.07 Å². The average molecular weight is 342 g/mol. The number of hydrogen-bond donors (Lipinski definition) is 2. The molecule has 0 aliphatic carbocycles. The number of hydrogen-bond acceptors (Lipinski definition) is 4. The maximum absolute atomic E-state index is 13.9. The highest BCUT2D eigenvalue weighted by Crippen LogP contribution is 2.21. The van der Waals surface area contributed by atoms with Crippen LogP contribution in [0.1, 0.15) is 38.8 Å². The number of aliphatic hydroxyl groups excluding tert-OH is 1. The van der Waals surface area contributed by atoms with Gasteiger partial charge in [0.25, 0.3) is 0 Å². The van der Waals surface area contributed by atoms with E-state index >= 15 is 0 Å². The third-order valence-corrected chi connectivity index (χ3v) is 4.31. The Hall–Kier alpha value is -1.08. The van der Waals surface area contributed by atoms with E-state index in [1.54, 1.807) is 0 Å². The van der Waals surface area contributed by atoms with E-state index < -0.39 is 17.7 Å². The summed E-state index contributed by atoms with van der Waals surface area (Å²) in [4.78, 5) is 2.18. The fourth-order valence-corrected chi connectivity index (χ4v) is 3.33. The number of β-amino-alcohol motifs (C(OH)–C–C–N with tert-alkyl or cyclic N) is 1. The van der Waals surface area contributed by atoms with Crippen LogP contribution >= 0.6 is 0 Å². The SMILES string of the molecule is CCC(NCC(O)CN1CC(C)OC(C)C1)c1cc(F)ccc1F. The van der Waals surface area contributed by atoms with Crippen molar-refractivity contribution in [3.05, 3.63) is 35.4 Å². The zero-order chi connectivity index (χ0) is 17.7. The lowest BCUT2D eigenvalue weighted by molar-refractivity contribution is -0.0763. The summed E-state index contributed by atoms with van der Waals surface area (Å²) >= 11 is 0. The van der Waals surface area contributed by atoms with Crippen molar-refractivity contribution in [1.82, 2.24) is 10.2 Å². The van der Waals surface area contributed by atoms with Crippen molar-refractivity contribution in [2.45, 2.75) is 51.5 Å². The van der Waals surface area contributed by atoms with Crippen LogP contribution in [0.2, 0.25) is 0 Å². The Balaban J connectivity index is 1.87. The molecule has 1 saturated heterocycles. The van der Waals surface area contributed by atoms with Gasteiger partial charge in [0.15, 0.2) is 0 Å². The molecule has 4 nitrogen and oxygen atoms in total. The lowest BCUT2D eigenvalue weighted by Crippen LogP contribution is -2.49. The van der Waals surface area contributed by atoms with Gasteiger partial charge in [-0.2, -0.15) is 0 Å². The monoisotopic (exact) mass is 342 g/mol. The van der Waals surface area contributed by atoms with Crippen LogP contribution < -0.4 is 5.32 Å². The van der Waals surface area contributed by atoms with E-state index in [1.807, 2.05) is 20.8 Å². The standard InChI is InChI=1S/C18H28F2N2O2/c1-4-18(16-7-14(19)5-6-17(16)20)21-8-15(23)11-22-9-12(2)24-13(3)10-22/h5-7,12-13,15,18,21,23H,4,8-11H2,1-3H3. The first kappa shape index (κ1) is 19.2. The van der Waals surface area contributed by atoms with Gasteiger partial charge in [0.05, 0.1) is 18.3 Å². The molecule has 2 rings (SSSR count). The van der Waals surface area contributed by atoms with Crippen molar-refractivity contribution in [1.29, 1.82) is 0 Å². The summed E-state index contributed by atoms with van der Waals surface area (Å²) in [6.07, 6.45) is 0.337. The van der Waals surface area contributed by atoms with Crippen LogP contribution in [-0.2, 0) is 4.74 Å². The Morgan fingerprint density at radius 3 is 2.58 bits per heavy atom. The molecule has 1 aromatic rings. The summed E-state index contributed by atoms with van der Waals surface area (Å²) in [6.45, 7) is 8.38. The van der Waals surface area contributed by atoms with Crippen molar-refractivity contribution in [3.63, 3.8) is 0 Å². The Morgan fingerprint density at radius 1 is 1.29 bits per heavy atom. The smallest absolute Gasteiger partial charge is 0.128 e. The lowest BCUT2D eigenvalue weighted by Gasteiger charge is -2.36. The van der Waals surface area contributed by atoms with Crippen LogP contribution in [0.5, 0.6) is 0 Å². The van der Waals surface area contributed by atoms with Crippen LogP contribution in [0.3, 0.4) is 0 Å². The van der Waals surface area contributed by atoms with Crippen molar-refractivity contribution in [2.75, 3.05) is 26.2 Å². The predicted octanol–water partition coefficient (Wildman–Crippen LogP) is 2.48. The van der Waals surface area contributed by atoms with Gasteiger partial charge in [-0.1, -0.05) is 6.92 Å². The summed E-state index contributed by atoms with van der Waals surface area (Å²) < 4.78 is 32.9. The number of halogens is 2. The number of morpholine rings is 1. The predicted molar refractivity (Wildman–Crippen MR) is 89.8 cm³/mol. The highest BCUT2D eigenvalue weighted by Gasteiger charge is 2.24. The molecule has 4 atom stereocenters. The minimum absolute atomic E-state index is 0.152. The molecule has 0 radical (unpaired) electrons. The topological polar surface area (TPSA) is 44.7 Å². The molecule has 24 heavy (non-hydrogen) atoms. The second kappa shape index (κ2) is 8.85. The number of ether oxygens (including phenoxy) is 1. The molecule has 6 heteroatoms. The zero-order valence-corrected chi connectivity index (χ0v) is 14.6. The normalized spacial score (nSPS) is 24.8. The van der Waals surface area contributed by atoms with Crippen molar-refractivity contribution >= 4 is 0 Å². The molecule has 2 N–H and O–H groups in total. The van der Waals surface area contributed by atoms with Crippen LogP contribution in [-0.4, -0.2) is 54.5 Å². The molecule has 1 aliphatic rings. The average Bonchev–Trinajstić information content (AvgIpc) is 2.50. The van der Waals surface area contributed by atoms with Crippen molar-refractivity contribution in [3.8, 4) is 0 Å². The molecule has 1 aromatic carbocycles. The van der Waals surface area contributed by atoms with Crippen LogP contribution in [0.15, 0.2) is 18.2 Å². The van der Waals surface area contributed by atoms with Gasteiger partial charge in [-0.3, -0.25) is 4.90 Å². The Morgan fingerprint density at radius 2 is 1.96 bits per heavy atom. The van der Waals surface area contributed by atoms with Crippen LogP contribution in [0, 0.1) is 11.6 Å². The van der Waals surface area contributed by atoms with Gasteiger partial charge < -0.3 is 15.2 Å². The zero-order valence-electron chi connectivity index (χ0n) is 14.6. The third kappa shape index (κ3) is 5.48.